The van der Waals surface area contributed by atoms with Crippen LogP contribution in [0.2, 0.25) is 0 Å². The highest BCUT2D eigenvalue weighted by atomic mass is 32.2. The number of nitrogens with one attached hydrogen (secondary N) is 1. The summed E-state index contributed by atoms with van der Waals surface area (Å²) in [6.07, 6.45) is 7.18. The molecule has 2 heterocycles. The molecule has 0 saturated carbocycles. The van der Waals surface area contributed by atoms with Crippen molar-refractivity contribution in [3.8, 4) is 11.4 Å². The number of nitrogens with zero attached hydrogens (tertiary/aromatic N) is 4. The molecule has 0 unspecified atom stereocenters. The van der Waals surface area contributed by atoms with Crippen molar-refractivity contribution in [2.45, 2.75) is 32.4 Å². The van der Waals surface area contributed by atoms with Crippen LogP contribution in [0.4, 0.5) is 0 Å². The molecular weight excluding hydrogens is 382 g/mol. The van der Waals surface area contributed by atoms with Gasteiger partial charge in [0.05, 0.1) is 5.60 Å². The molecule has 1 fully saturated rings. The summed E-state index contributed by atoms with van der Waals surface area (Å²) in [7, 11) is 1.76. The molecule has 0 bridgehead atoms. The molecule has 0 atom stereocenters. The van der Waals surface area contributed by atoms with Crippen molar-refractivity contribution in [1.29, 1.82) is 0 Å². The predicted octanol–water partition coefficient (Wildman–Crippen LogP) is 4.23. The minimum atomic E-state index is -0.299. The number of thioether (sulfide) groups is 1. The SMILES string of the molecule is C=C/C=C1\C/C(=C\C(C)(C)OC)CN(Cc2ccccc2-c2nn[nH]n2)CCS1. The van der Waals surface area contributed by atoms with Gasteiger partial charge in [0.2, 0.25) is 5.82 Å². The zero-order valence-corrected chi connectivity index (χ0v) is 18.2. The van der Waals surface area contributed by atoms with Crippen molar-refractivity contribution >= 4 is 11.8 Å². The maximum atomic E-state index is 5.66. The fraction of sp³-hybridized carbons (Fsp3) is 0.409. The third kappa shape index (κ3) is 6.13. The van der Waals surface area contributed by atoms with Gasteiger partial charge in [-0.25, -0.2) is 0 Å². The lowest BCUT2D eigenvalue weighted by atomic mass is 10.0. The lowest BCUT2D eigenvalue weighted by molar-refractivity contribution is 0.0643. The zero-order chi connectivity index (χ0) is 20.7. The number of rotatable bonds is 6. The van der Waals surface area contributed by atoms with Gasteiger partial charge in [0.1, 0.15) is 0 Å². The molecule has 1 saturated heterocycles. The molecule has 0 amide bonds. The van der Waals surface area contributed by atoms with E-state index in [-0.39, 0.29) is 5.60 Å². The predicted molar refractivity (Wildman–Crippen MR) is 119 cm³/mol. The topological polar surface area (TPSA) is 66.9 Å². The summed E-state index contributed by atoms with van der Waals surface area (Å²) in [5.74, 6) is 1.68. The molecule has 1 aliphatic rings. The first-order chi connectivity index (χ1) is 14.0. The molecule has 29 heavy (non-hydrogen) atoms. The Kier molecular flexibility index (Phi) is 7.41. The Bertz CT molecular complexity index is 873. The van der Waals surface area contributed by atoms with Crippen molar-refractivity contribution in [3.63, 3.8) is 0 Å². The summed E-state index contributed by atoms with van der Waals surface area (Å²) in [4.78, 5) is 3.83. The molecular formula is C22H29N5OS. The van der Waals surface area contributed by atoms with E-state index in [2.05, 4.69) is 76.3 Å². The number of tetrazole rings is 1. The number of aromatic nitrogens is 4. The second kappa shape index (κ2) is 10.0. The summed E-state index contributed by atoms with van der Waals surface area (Å²) < 4.78 is 5.66. The Morgan fingerprint density at radius 1 is 1.34 bits per heavy atom. The molecule has 0 radical (unpaired) electrons. The zero-order valence-electron chi connectivity index (χ0n) is 17.4. The van der Waals surface area contributed by atoms with Gasteiger partial charge >= 0.3 is 0 Å². The molecule has 7 heteroatoms. The normalized spacial score (nSPS) is 19.3. The Morgan fingerprint density at radius 2 is 2.17 bits per heavy atom. The number of H-pyrrole nitrogens is 1. The number of hydrogen-bond acceptors (Lipinski definition) is 6. The van der Waals surface area contributed by atoms with Crippen LogP contribution in [-0.4, -0.2) is 57.1 Å². The van der Waals surface area contributed by atoms with Crippen molar-refractivity contribution in [2.24, 2.45) is 0 Å². The van der Waals surface area contributed by atoms with Gasteiger partial charge in [0, 0.05) is 44.5 Å². The van der Waals surface area contributed by atoms with E-state index in [9.17, 15) is 0 Å². The Labute approximate surface area is 177 Å². The molecule has 1 aliphatic heterocycles. The highest BCUT2D eigenvalue weighted by molar-refractivity contribution is 8.03. The Morgan fingerprint density at radius 3 is 2.90 bits per heavy atom. The second-order valence-electron chi connectivity index (χ2n) is 7.61. The summed E-state index contributed by atoms with van der Waals surface area (Å²) in [6.45, 7) is 10.8. The van der Waals surface area contributed by atoms with Crippen molar-refractivity contribution in [2.75, 3.05) is 26.0 Å². The number of ether oxygens (including phenoxy) is 1. The maximum Gasteiger partial charge on any atom is 0.204 e. The Hall–Kier alpha value is -2.22. The van der Waals surface area contributed by atoms with Crippen LogP contribution in [0.25, 0.3) is 11.4 Å². The maximum absolute atomic E-state index is 5.66. The first kappa shape index (κ1) is 21.5. The minimum Gasteiger partial charge on any atom is -0.375 e. The van der Waals surface area contributed by atoms with Gasteiger partial charge in [-0.2, -0.15) is 5.21 Å². The summed E-state index contributed by atoms with van der Waals surface area (Å²) in [5.41, 5.74) is 3.28. The monoisotopic (exact) mass is 411 g/mol. The van der Waals surface area contributed by atoms with E-state index < -0.39 is 0 Å². The highest BCUT2D eigenvalue weighted by Crippen LogP contribution is 2.30. The number of allylic oxidation sites excluding steroid dienone is 3. The molecule has 0 aliphatic carbocycles. The minimum absolute atomic E-state index is 0.299. The summed E-state index contributed by atoms with van der Waals surface area (Å²) in [6, 6.07) is 8.27. The molecule has 1 aromatic carbocycles. The average Bonchev–Trinajstić information content (AvgIpc) is 3.21. The van der Waals surface area contributed by atoms with Crippen LogP contribution in [0.1, 0.15) is 25.8 Å². The number of methoxy groups -OCH3 is 1. The Balaban J connectivity index is 1.85. The molecule has 154 valence electrons. The standard InChI is InChI=1S/C22H29N5OS/c1-5-8-19-13-17(14-22(2,3)28-4)15-27(11-12-29-19)16-18-9-6-7-10-20(18)21-23-25-26-24-21/h5-10,14H,1,11-13,15-16H2,2-4H3,(H,23,24,25,26)/b17-14+,19-8+. The van der Waals surface area contributed by atoms with Crippen LogP contribution < -0.4 is 0 Å². The smallest absolute Gasteiger partial charge is 0.204 e. The van der Waals surface area contributed by atoms with E-state index in [1.807, 2.05) is 23.9 Å². The van der Waals surface area contributed by atoms with Crippen molar-refractivity contribution in [1.82, 2.24) is 25.5 Å². The summed E-state index contributed by atoms with van der Waals surface area (Å²) in [5, 5.41) is 14.6. The third-order valence-corrected chi connectivity index (χ3v) is 5.94. The quantitative estimate of drug-likeness (QED) is 0.718. The van der Waals surface area contributed by atoms with E-state index >= 15 is 0 Å². The van der Waals surface area contributed by atoms with Crippen LogP contribution in [0, 0.1) is 0 Å². The van der Waals surface area contributed by atoms with Crippen LogP contribution in [0.3, 0.4) is 0 Å². The van der Waals surface area contributed by atoms with E-state index in [1.54, 1.807) is 7.11 Å². The van der Waals surface area contributed by atoms with Crippen LogP contribution in [0.5, 0.6) is 0 Å². The van der Waals surface area contributed by atoms with Gasteiger partial charge in [-0.3, -0.25) is 4.90 Å². The van der Waals surface area contributed by atoms with Crippen molar-refractivity contribution < 1.29 is 4.74 Å². The van der Waals surface area contributed by atoms with Crippen LogP contribution in [0.15, 0.2) is 59.6 Å². The van der Waals surface area contributed by atoms with E-state index in [4.69, 9.17) is 4.74 Å². The summed E-state index contributed by atoms with van der Waals surface area (Å²) >= 11 is 1.90. The largest absolute Gasteiger partial charge is 0.375 e. The lowest BCUT2D eigenvalue weighted by Crippen LogP contribution is -2.31. The molecule has 6 nitrogen and oxygen atoms in total. The lowest BCUT2D eigenvalue weighted by Gasteiger charge is -2.29. The number of hydrogen-bond donors (Lipinski definition) is 1. The third-order valence-electron chi connectivity index (χ3n) is 4.90. The number of benzene rings is 1. The molecule has 1 aromatic heterocycles. The van der Waals surface area contributed by atoms with E-state index in [1.165, 1.54) is 16.0 Å². The van der Waals surface area contributed by atoms with Gasteiger partial charge in [-0.1, -0.05) is 54.6 Å². The van der Waals surface area contributed by atoms with Gasteiger partial charge in [-0.05, 0) is 29.5 Å². The van der Waals surface area contributed by atoms with Crippen molar-refractivity contribution in [3.05, 3.63) is 65.1 Å². The van der Waals surface area contributed by atoms with E-state index in [0.717, 1.165) is 37.4 Å². The van der Waals surface area contributed by atoms with Crippen LogP contribution >= 0.6 is 11.8 Å². The van der Waals surface area contributed by atoms with E-state index in [0.29, 0.717) is 5.82 Å². The second-order valence-corrected chi connectivity index (χ2v) is 8.83. The van der Waals surface area contributed by atoms with Gasteiger partial charge in [0.15, 0.2) is 0 Å². The van der Waals surface area contributed by atoms with Gasteiger partial charge < -0.3 is 4.74 Å². The fourth-order valence-corrected chi connectivity index (χ4v) is 4.51. The van der Waals surface area contributed by atoms with Crippen LogP contribution in [-0.2, 0) is 11.3 Å². The molecule has 0 spiro atoms. The highest BCUT2D eigenvalue weighted by Gasteiger charge is 2.20. The average molecular weight is 412 g/mol. The first-order valence-corrected chi connectivity index (χ1v) is 10.7. The van der Waals surface area contributed by atoms with Gasteiger partial charge in [0.25, 0.3) is 0 Å². The van der Waals surface area contributed by atoms with Gasteiger partial charge in [-0.15, -0.1) is 22.0 Å². The molecule has 3 rings (SSSR count). The molecule has 1 N–H and O–H groups in total. The first-order valence-electron chi connectivity index (χ1n) is 9.75. The fourth-order valence-electron chi connectivity index (χ4n) is 3.42. The molecule has 2 aromatic rings. The number of aromatic amines is 1.